The summed E-state index contributed by atoms with van der Waals surface area (Å²) in [6.07, 6.45) is 7.94. The van der Waals surface area contributed by atoms with Crippen LogP contribution in [0.2, 0.25) is 0 Å². The standard InChI is InChI=1S/C20H23N5O3S/c1-11-4-5-15(16-6-7-17(29-16)23-13(3)26)25(10-11)20(28)19(27)24-14-8-12(2)18(21)22-9-14/h7-9,11,15H,4-5,10H2,1-3H3,(H3-,21,22,23,24,26,27,28)/p+1/t11-,15+/m1/s1. The van der Waals surface area contributed by atoms with Gasteiger partial charge in [0, 0.05) is 13.5 Å². The Morgan fingerprint density at radius 2 is 2.07 bits per heavy atom. The van der Waals surface area contributed by atoms with Crippen molar-refractivity contribution in [2.24, 2.45) is 5.92 Å². The normalized spacial score (nSPS) is 21.0. The number of likely N-dealkylation sites (tertiary alicyclic amines) is 1. The first-order valence-corrected chi connectivity index (χ1v) is 10.2. The van der Waals surface area contributed by atoms with E-state index in [0.29, 0.717) is 29.0 Å². The Morgan fingerprint density at radius 1 is 1.31 bits per heavy atom. The van der Waals surface area contributed by atoms with Gasteiger partial charge in [-0.15, -0.1) is 0 Å². The number of nitrogens with zero attached hydrogens (tertiary/aromatic N) is 2. The first kappa shape index (κ1) is 20.8. The molecule has 29 heavy (non-hydrogen) atoms. The number of pyridine rings is 1. The maximum Gasteiger partial charge on any atom is 0.313 e. The number of carbonyl (C=O) groups excluding carboxylic acids is 3. The molecule has 2 aliphatic rings. The predicted octanol–water partition coefficient (Wildman–Crippen LogP) is 1.95. The molecule has 1 saturated heterocycles. The first-order chi connectivity index (χ1) is 13.7. The second-order valence-electron chi connectivity index (χ2n) is 7.34. The molecule has 0 spiro atoms. The molecular formula is C20H24N5O3S+. The zero-order chi connectivity index (χ0) is 21.1. The van der Waals surface area contributed by atoms with Crippen LogP contribution in [0.5, 0.6) is 0 Å². The van der Waals surface area contributed by atoms with Crippen LogP contribution in [0.4, 0.5) is 11.5 Å². The molecule has 3 heterocycles. The van der Waals surface area contributed by atoms with E-state index in [2.05, 4.69) is 28.6 Å². The highest BCUT2D eigenvalue weighted by Crippen LogP contribution is 2.38. The molecule has 0 bridgehead atoms. The molecule has 0 radical (unpaired) electrons. The lowest BCUT2D eigenvalue weighted by atomic mass is 9.93. The number of anilines is 2. The Morgan fingerprint density at radius 3 is 2.76 bits per heavy atom. The lowest BCUT2D eigenvalue weighted by Crippen LogP contribution is -2.50. The van der Waals surface area contributed by atoms with Crippen molar-refractivity contribution < 1.29 is 14.4 Å². The van der Waals surface area contributed by atoms with Crippen LogP contribution in [-0.4, -0.2) is 40.2 Å². The molecule has 0 unspecified atom stereocenters. The minimum Gasteiger partial charge on any atom is -0.383 e. The van der Waals surface area contributed by atoms with Gasteiger partial charge in [0.25, 0.3) is 0 Å². The molecule has 1 fully saturated rings. The number of nitrogens with one attached hydrogen (secondary N) is 2. The minimum absolute atomic E-state index is 0.163. The van der Waals surface area contributed by atoms with E-state index >= 15 is 0 Å². The molecule has 3 rings (SSSR count). The van der Waals surface area contributed by atoms with Gasteiger partial charge < -0.3 is 16.0 Å². The van der Waals surface area contributed by atoms with Crippen LogP contribution in [-0.2, 0) is 14.4 Å². The Hall–Kier alpha value is -2.90. The fourth-order valence-corrected chi connectivity index (χ4v) is 4.38. The number of aryl methyl sites for hydroxylation is 1. The Balaban J connectivity index is 1.71. The van der Waals surface area contributed by atoms with Crippen molar-refractivity contribution in [3.8, 4) is 0 Å². The highest BCUT2D eigenvalue weighted by molar-refractivity contribution is 8.07. The fourth-order valence-electron chi connectivity index (χ4n) is 3.33. The van der Waals surface area contributed by atoms with Gasteiger partial charge in [0.2, 0.25) is 10.9 Å². The third kappa shape index (κ3) is 4.93. The highest BCUT2D eigenvalue weighted by atomic mass is 32.2. The number of hydrogen-bond acceptors (Lipinski definition) is 6. The number of allylic oxidation sites excluding steroid dienone is 2. The summed E-state index contributed by atoms with van der Waals surface area (Å²) in [6.45, 7) is 5.76. The van der Waals surface area contributed by atoms with Gasteiger partial charge in [-0.1, -0.05) is 6.92 Å². The largest absolute Gasteiger partial charge is 0.383 e. The first-order valence-electron chi connectivity index (χ1n) is 9.37. The summed E-state index contributed by atoms with van der Waals surface area (Å²) < 4.78 is 0. The molecule has 8 nitrogen and oxygen atoms in total. The van der Waals surface area contributed by atoms with Gasteiger partial charge in [-0.05, 0) is 37.3 Å². The van der Waals surface area contributed by atoms with Gasteiger partial charge in [0.15, 0.2) is 11.0 Å². The molecule has 4 N–H and O–H groups in total. The van der Waals surface area contributed by atoms with E-state index in [0.717, 1.165) is 23.3 Å². The third-order valence-corrected chi connectivity index (χ3v) is 5.87. The second kappa shape index (κ2) is 8.63. The van der Waals surface area contributed by atoms with Gasteiger partial charge in [-0.3, -0.25) is 14.4 Å². The van der Waals surface area contributed by atoms with Crippen LogP contribution < -0.4 is 16.4 Å². The summed E-state index contributed by atoms with van der Waals surface area (Å²) in [4.78, 5) is 43.3. The molecule has 0 aliphatic carbocycles. The molecule has 1 aromatic heterocycles. The smallest absolute Gasteiger partial charge is 0.313 e. The van der Waals surface area contributed by atoms with Crippen molar-refractivity contribution >= 4 is 41.0 Å². The number of nitrogen functional groups attached to an aromatic ring is 1. The SMILES string of the molecule is CC(=O)NC1=C[C+]=C([C@@H]2CC[C@@H](C)CN2C(=O)C(=O)Nc2cnc(N)c(C)c2)S1. The van der Waals surface area contributed by atoms with Crippen molar-refractivity contribution in [2.75, 3.05) is 17.6 Å². The van der Waals surface area contributed by atoms with E-state index in [-0.39, 0.29) is 11.9 Å². The summed E-state index contributed by atoms with van der Waals surface area (Å²) in [5, 5.41) is 6.02. The van der Waals surface area contributed by atoms with Gasteiger partial charge in [0.05, 0.1) is 29.7 Å². The molecule has 2 aliphatic heterocycles. The average molecular weight is 415 g/mol. The van der Waals surface area contributed by atoms with Crippen LogP contribution in [0, 0.1) is 18.9 Å². The Kier molecular flexibility index (Phi) is 6.20. The number of nitrogens with two attached hydrogens (primary N) is 1. The second-order valence-corrected chi connectivity index (χ2v) is 8.42. The van der Waals surface area contributed by atoms with Crippen molar-refractivity contribution in [1.29, 1.82) is 0 Å². The van der Waals surface area contributed by atoms with Crippen LogP contribution in [0.15, 0.2) is 28.3 Å². The molecule has 9 heteroatoms. The maximum absolute atomic E-state index is 13.0. The van der Waals surface area contributed by atoms with Gasteiger partial charge in [-0.2, -0.15) is 0 Å². The van der Waals surface area contributed by atoms with E-state index in [1.165, 1.54) is 24.9 Å². The van der Waals surface area contributed by atoms with Gasteiger partial charge in [0.1, 0.15) is 11.9 Å². The van der Waals surface area contributed by atoms with Gasteiger partial charge in [-0.25, -0.2) is 10.3 Å². The molecule has 152 valence electrons. The zero-order valence-corrected chi connectivity index (χ0v) is 17.4. The Bertz CT molecular complexity index is 911. The third-order valence-electron chi connectivity index (χ3n) is 4.82. The zero-order valence-electron chi connectivity index (χ0n) is 16.6. The van der Waals surface area contributed by atoms with Crippen LogP contribution >= 0.6 is 11.8 Å². The summed E-state index contributed by atoms with van der Waals surface area (Å²) >= 11 is 1.37. The Labute approximate surface area is 174 Å². The van der Waals surface area contributed by atoms with Crippen molar-refractivity contribution in [3.05, 3.63) is 39.9 Å². The minimum atomic E-state index is -0.714. The number of aromatic nitrogens is 1. The maximum atomic E-state index is 13.0. The highest BCUT2D eigenvalue weighted by Gasteiger charge is 2.40. The number of hydrogen-bond donors (Lipinski definition) is 3. The predicted molar refractivity (Wildman–Crippen MR) is 112 cm³/mol. The number of rotatable bonds is 3. The molecular weight excluding hydrogens is 390 g/mol. The van der Waals surface area contributed by atoms with Crippen LogP contribution in [0.25, 0.3) is 0 Å². The monoisotopic (exact) mass is 414 g/mol. The summed E-state index contributed by atoms with van der Waals surface area (Å²) in [5.74, 6) is -0.808. The summed E-state index contributed by atoms with van der Waals surface area (Å²) in [5.41, 5.74) is 6.84. The van der Waals surface area contributed by atoms with Crippen molar-refractivity contribution in [3.63, 3.8) is 0 Å². The van der Waals surface area contributed by atoms with E-state index < -0.39 is 11.8 Å². The van der Waals surface area contributed by atoms with Crippen LogP contribution in [0.3, 0.4) is 0 Å². The lowest BCUT2D eigenvalue weighted by molar-refractivity contribution is -0.145. The van der Waals surface area contributed by atoms with Crippen molar-refractivity contribution in [1.82, 2.24) is 15.2 Å². The van der Waals surface area contributed by atoms with E-state index in [1.54, 1.807) is 24.0 Å². The van der Waals surface area contributed by atoms with E-state index in [4.69, 9.17) is 5.73 Å². The summed E-state index contributed by atoms with van der Waals surface area (Å²) in [6, 6.07) is 1.43. The van der Waals surface area contributed by atoms with Crippen molar-refractivity contribution in [2.45, 2.75) is 39.7 Å². The fraction of sp³-hybridized carbons (Fsp3) is 0.400. The quantitative estimate of drug-likeness (QED) is 0.514. The van der Waals surface area contributed by atoms with Crippen LogP contribution in [0.1, 0.15) is 32.3 Å². The summed E-state index contributed by atoms with van der Waals surface area (Å²) in [7, 11) is 0. The average Bonchev–Trinajstić information content (AvgIpc) is 3.11. The van der Waals surface area contributed by atoms with Gasteiger partial charge >= 0.3 is 11.8 Å². The van der Waals surface area contributed by atoms with E-state index in [9.17, 15) is 14.4 Å². The number of amides is 3. The molecule has 2 atom stereocenters. The molecule has 0 saturated carbocycles. The lowest BCUT2D eigenvalue weighted by Gasteiger charge is -2.36. The topological polar surface area (TPSA) is 117 Å². The number of carbonyl (C=O) groups is 3. The van der Waals surface area contributed by atoms with E-state index in [1.807, 2.05) is 0 Å². The molecule has 3 amide bonds. The number of thioether (sulfide) groups is 1. The molecule has 0 aromatic carbocycles. The molecule has 1 aromatic rings. The number of piperidine rings is 1.